The van der Waals surface area contributed by atoms with Gasteiger partial charge in [0.1, 0.15) is 11.4 Å². The summed E-state index contributed by atoms with van der Waals surface area (Å²) in [5.41, 5.74) is 0.563. The molecular formula is C20H27N5O. The van der Waals surface area contributed by atoms with Crippen molar-refractivity contribution >= 4 is 17.7 Å². The average Bonchev–Trinajstić information content (AvgIpc) is 3.16. The van der Waals surface area contributed by atoms with Crippen LogP contribution in [0.4, 0.5) is 5.95 Å². The fourth-order valence-electron chi connectivity index (χ4n) is 5.12. The maximum atomic E-state index is 13.5. The lowest BCUT2D eigenvalue weighted by molar-refractivity contribution is -0.132. The maximum absolute atomic E-state index is 13.5. The number of carbonyl (C=O) groups excluding carboxylic acids is 1. The molecule has 6 heteroatoms. The van der Waals surface area contributed by atoms with Crippen molar-refractivity contribution in [2.24, 2.45) is 22.7 Å². The van der Waals surface area contributed by atoms with E-state index < -0.39 is 5.54 Å². The SMILES string of the molecule is CCC1=N[C@]2(CC[C@@H]3CN(c4ncc(C)cn4)C[C@H]32)C(=O)N1CC1CC1. The van der Waals surface area contributed by atoms with Gasteiger partial charge in [0.15, 0.2) is 0 Å². The van der Waals surface area contributed by atoms with Gasteiger partial charge >= 0.3 is 0 Å². The van der Waals surface area contributed by atoms with E-state index in [0.29, 0.717) is 17.8 Å². The van der Waals surface area contributed by atoms with Crippen molar-refractivity contribution in [2.45, 2.75) is 51.5 Å². The highest BCUT2D eigenvalue weighted by Gasteiger charge is 2.61. The van der Waals surface area contributed by atoms with Crippen LogP contribution in [0.5, 0.6) is 0 Å². The molecule has 2 saturated carbocycles. The number of hydrogen-bond donors (Lipinski definition) is 0. The maximum Gasteiger partial charge on any atom is 0.256 e. The van der Waals surface area contributed by atoms with E-state index in [0.717, 1.165) is 56.2 Å². The number of hydrogen-bond acceptors (Lipinski definition) is 5. The van der Waals surface area contributed by atoms with E-state index in [2.05, 4.69) is 21.8 Å². The lowest BCUT2D eigenvalue weighted by Crippen LogP contribution is -2.47. The molecule has 0 unspecified atom stereocenters. The molecule has 0 radical (unpaired) electrons. The molecule has 4 aliphatic rings. The summed E-state index contributed by atoms with van der Waals surface area (Å²) in [6.07, 6.45) is 9.11. The van der Waals surface area contributed by atoms with Gasteiger partial charge in [-0.1, -0.05) is 6.92 Å². The zero-order chi connectivity index (χ0) is 17.9. The van der Waals surface area contributed by atoms with Crippen LogP contribution in [0.15, 0.2) is 17.4 Å². The molecule has 1 saturated heterocycles. The Balaban J connectivity index is 1.41. The molecule has 2 aliphatic carbocycles. The minimum absolute atomic E-state index is 0.278. The second-order valence-corrected chi connectivity index (χ2v) is 8.54. The van der Waals surface area contributed by atoms with Gasteiger partial charge in [-0.25, -0.2) is 9.97 Å². The number of fused-ring (bicyclic) bond motifs is 2. The molecule has 5 rings (SSSR count). The zero-order valence-electron chi connectivity index (χ0n) is 15.7. The molecule has 1 spiro atoms. The second kappa shape index (κ2) is 5.76. The molecule has 0 N–H and O–H groups in total. The van der Waals surface area contributed by atoms with E-state index in [1.165, 1.54) is 12.8 Å². The van der Waals surface area contributed by atoms with Crippen molar-refractivity contribution in [3.05, 3.63) is 18.0 Å². The molecule has 1 aromatic rings. The summed E-state index contributed by atoms with van der Waals surface area (Å²) in [6, 6.07) is 0. The normalized spacial score (nSPS) is 33.3. The minimum Gasteiger partial charge on any atom is -0.340 e. The van der Waals surface area contributed by atoms with Crippen LogP contribution in [0.3, 0.4) is 0 Å². The molecule has 1 amide bonds. The molecule has 138 valence electrons. The van der Waals surface area contributed by atoms with Crippen LogP contribution in [0.25, 0.3) is 0 Å². The first kappa shape index (κ1) is 16.2. The van der Waals surface area contributed by atoms with Gasteiger partial charge in [-0.15, -0.1) is 0 Å². The van der Waals surface area contributed by atoms with E-state index in [4.69, 9.17) is 4.99 Å². The third-order valence-corrected chi connectivity index (χ3v) is 6.71. The highest BCUT2D eigenvalue weighted by Crippen LogP contribution is 2.51. The van der Waals surface area contributed by atoms with Crippen LogP contribution in [0.1, 0.15) is 44.6 Å². The fourth-order valence-corrected chi connectivity index (χ4v) is 5.12. The molecular weight excluding hydrogens is 326 g/mol. The number of nitrogens with zero attached hydrogens (tertiary/aromatic N) is 5. The summed E-state index contributed by atoms with van der Waals surface area (Å²) >= 11 is 0. The summed E-state index contributed by atoms with van der Waals surface area (Å²) in [4.78, 5) is 31.8. The molecule has 2 aliphatic heterocycles. The standard InChI is InChI=1S/C20H27N5O/c1-3-17-23-20(18(26)25(17)10-14-4-5-14)7-6-15-11-24(12-16(15)20)19-21-8-13(2)9-22-19/h8-9,14-16H,3-7,10-12H2,1-2H3/t15-,16-,20+/m1/s1. The number of carbonyl (C=O) groups is 1. The van der Waals surface area contributed by atoms with Crippen molar-refractivity contribution in [3.63, 3.8) is 0 Å². The molecule has 0 aromatic carbocycles. The van der Waals surface area contributed by atoms with Crippen LogP contribution in [-0.4, -0.2) is 51.8 Å². The van der Waals surface area contributed by atoms with Gasteiger partial charge in [-0.2, -0.15) is 0 Å². The highest BCUT2D eigenvalue weighted by atomic mass is 16.2. The van der Waals surface area contributed by atoms with Crippen LogP contribution in [0.2, 0.25) is 0 Å². The monoisotopic (exact) mass is 353 g/mol. The van der Waals surface area contributed by atoms with Gasteiger partial charge in [0, 0.05) is 44.4 Å². The van der Waals surface area contributed by atoms with Crippen LogP contribution < -0.4 is 4.90 Å². The quantitative estimate of drug-likeness (QED) is 0.834. The van der Waals surface area contributed by atoms with Crippen molar-refractivity contribution < 1.29 is 4.79 Å². The molecule has 6 nitrogen and oxygen atoms in total. The Kier molecular flexibility index (Phi) is 3.59. The van der Waals surface area contributed by atoms with E-state index in [9.17, 15) is 4.79 Å². The predicted molar refractivity (Wildman–Crippen MR) is 100 cm³/mol. The number of aromatic nitrogens is 2. The third kappa shape index (κ3) is 2.37. The smallest absolute Gasteiger partial charge is 0.256 e. The number of amidine groups is 1. The first-order chi connectivity index (χ1) is 12.6. The highest BCUT2D eigenvalue weighted by molar-refractivity contribution is 6.08. The molecule has 3 atom stereocenters. The topological polar surface area (TPSA) is 61.7 Å². The van der Waals surface area contributed by atoms with Crippen molar-refractivity contribution in [3.8, 4) is 0 Å². The summed E-state index contributed by atoms with van der Waals surface area (Å²) < 4.78 is 0. The predicted octanol–water partition coefficient (Wildman–Crippen LogP) is 2.43. The average molecular weight is 353 g/mol. The third-order valence-electron chi connectivity index (χ3n) is 6.71. The second-order valence-electron chi connectivity index (χ2n) is 8.54. The Labute approximate surface area is 154 Å². The Morgan fingerprint density at radius 2 is 1.96 bits per heavy atom. The number of aryl methyl sites for hydroxylation is 1. The molecule has 3 heterocycles. The minimum atomic E-state index is -0.510. The van der Waals surface area contributed by atoms with Gasteiger partial charge < -0.3 is 4.90 Å². The molecule has 0 bridgehead atoms. The largest absolute Gasteiger partial charge is 0.340 e. The van der Waals surface area contributed by atoms with Crippen molar-refractivity contribution in [2.75, 3.05) is 24.5 Å². The number of aliphatic imine (C=N–C) groups is 1. The van der Waals surface area contributed by atoms with Crippen LogP contribution in [-0.2, 0) is 4.79 Å². The van der Waals surface area contributed by atoms with E-state index in [-0.39, 0.29) is 5.91 Å². The van der Waals surface area contributed by atoms with E-state index in [1.54, 1.807) is 0 Å². The Morgan fingerprint density at radius 1 is 1.19 bits per heavy atom. The van der Waals surface area contributed by atoms with E-state index in [1.807, 2.05) is 24.2 Å². The van der Waals surface area contributed by atoms with Crippen molar-refractivity contribution in [1.29, 1.82) is 0 Å². The van der Waals surface area contributed by atoms with E-state index >= 15 is 0 Å². The van der Waals surface area contributed by atoms with Gasteiger partial charge in [0.05, 0.1) is 0 Å². The fraction of sp³-hybridized carbons (Fsp3) is 0.700. The summed E-state index contributed by atoms with van der Waals surface area (Å²) in [6.45, 7) is 6.80. The molecule has 1 aromatic heterocycles. The lowest BCUT2D eigenvalue weighted by Gasteiger charge is -2.28. The molecule has 3 fully saturated rings. The Morgan fingerprint density at radius 3 is 2.65 bits per heavy atom. The van der Waals surface area contributed by atoms with Gasteiger partial charge in [-0.3, -0.25) is 14.7 Å². The number of anilines is 1. The first-order valence-electron chi connectivity index (χ1n) is 10.0. The lowest BCUT2D eigenvalue weighted by atomic mass is 9.85. The van der Waals surface area contributed by atoms with Gasteiger partial charge in [0.25, 0.3) is 5.91 Å². The number of amides is 1. The Hall–Kier alpha value is -1.98. The molecule has 26 heavy (non-hydrogen) atoms. The number of rotatable bonds is 4. The van der Waals surface area contributed by atoms with Crippen LogP contribution >= 0.6 is 0 Å². The van der Waals surface area contributed by atoms with Crippen LogP contribution in [0, 0.1) is 24.7 Å². The summed E-state index contributed by atoms with van der Waals surface area (Å²) in [7, 11) is 0. The summed E-state index contributed by atoms with van der Waals surface area (Å²) in [5.74, 6) is 3.61. The Bertz CT molecular complexity index is 756. The zero-order valence-corrected chi connectivity index (χ0v) is 15.7. The first-order valence-corrected chi connectivity index (χ1v) is 10.0. The van der Waals surface area contributed by atoms with Crippen molar-refractivity contribution in [1.82, 2.24) is 14.9 Å². The summed E-state index contributed by atoms with van der Waals surface area (Å²) in [5, 5.41) is 0. The van der Waals surface area contributed by atoms with Gasteiger partial charge in [-0.05, 0) is 50.0 Å². The van der Waals surface area contributed by atoms with Gasteiger partial charge in [0.2, 0.25) is 5.95 Å².